The summed E-state index contributed by atoms with van der Waals surface area (Å²) in [5.41, 5.74) is 2.21. The second-order valence-corrected chi connectivity index (χ2v) is 4.60. The van der Waals surface area contributed by atoms with Crippen molar-refractivity contribution in [1.82, 2.24) is 14.8 Å². The summed E-state index contributed by atoms with van der Waals surface area (Å²) in [6, 6.07) is 5.95. The van der Waals surface area contributed by atoms with Crippen LogP contribution >= 0.6 is 0 Å². The van der Waals surface area contributed by atoms with Crippen LogP contribution in [0.3, 0.4) is 0 Å². The molecular weight excluding hydrogens is 186 g/mol. The normalized spacial score (nSPS) is 11.7. The number of hydrogen-bond acceptors (Lipinski definition) is 2. The summed E-state index contributed by atoms with van der Waals surface area (Å²) in [4.78, 5) is 4.38. The van der Waals surface area contributed by atoms with Gasteiger partial charge in [-0.2, -0.15) is 5.10 Å². The molecule has 2 aromatic rings. The molecule has 15 heavy (non-hydrogen) atoms. The average Bonchev–Trinajstić information content (AvgIpc) is 2.69. The fourth-order valence-electron chi connectivity index (χ4n) is 1.39. The minimum Gasteiger partial charge on any atom is -0.261 e. The average molecular weight is 201 g/mol. The summed E-state index contributed by atoms with van der Waals surface area (Å²) in [5, 5.41) is 4.20. The largest absolute Gasteiger partial charge is 0.261 e. The van der Waals surface area contributed by atoms with Gasteiger partial charge in [0, 0.05) is 29.7 Å². The van der Waals surface area contributed by atoms with Crippen LogP contribution in [0.1, 0.15) is 26.5 Å². The lowest BCUT2D eigenvalue weighted by Gasteiger charge is -2.18. The van der Waals surface area contributed by atoms with Gasteiger partial charge in [-0.05, 0) is 18.2 Å². The molecule has 2 aromatic heterocycles. The summed E-state index contributed by atoms with van der Waals surface area (Å²) in [5.74, 6) is 0. The van der Waals surface area contributed by atoms with Gasteiger partial charge in [0.05, 0.1) is 5.69 Å². The molecule has 0 aromatic carbocycles. The zero-order valence-electron chi connectivity index (χ0n) is 9.31. The maximum atomic E-state index is 4.38. The first kappa shape index (κ1) is 9.90. The molecule has 78 valence electrons. The lowest BCUT2D eigenvalue weighted by atomic mass is 9.91. The first-order valence-corrected chi connectivity index (χ1v) is 5.04. The molecule has 0 atom stereocenters. The third-order valence-electron chi connectivity index (χ3n) is 2.28. The molecule has 2 rings (SSSR count). The van der Waals surface area contributed by atoms with Crippen molar-refractivity contribution in [3.63, 3.8) is 0 Å². The number of rotatable bonds is 1. The molecule has 0 amide bonds. The SMILES string of the molecule is CC(C)(C)c1cc(-n2cccn2)ccn1. The third kappa shape index (κ3) is 2.06. The summed E-state index contributed by atoms with van der Waals surface area (Å²) < 4.78 is 1.84. The molecule has 0 saturated carbocycles. The zero-order valence-corrected chi connectivity index (χ0v) is 9.31. The highest BCUT2D eigenvalue weighted by Crippen LogP contribution is 2.21. The monoisotopic (exact) mass is 201 g/mol. The van der Waals surface area contributed by atoms with Gasteiger partial charge in [-0.25, -0.2) is 4.68 Å². The van der Waals surface area contributed by atoms with Crippen molar-refractivity contribution in [3.8, 4) is 5.69 Å². The van der Waals surface area contributed by atoms with Gasteiger partial charge < -0.3 is 0 Å². The van der Waals surface area contributed by atoms with E-state index >= 15 is 0 Å². The molecule has 3 heteroatoms. The first-order chi connectivity index (χ1) is 7.07. The molecule has 0 radical (unpaired) electrons. The first-order valence-electron chi connectivity index (χ1n) is 5.04. The van der Waals surface area contributed by atoms with Crippen LogP contribution in [-0.2, 0) is 5.41 Å². The lowest BCUT2D eigenvalue weighted by molar-refractivity contribution is 0.568. The fraction of sp³-hybridized carbons (Fsp3) is 0.333. The van der Waals surface area contributed by atoms with Gasteiger partial charge in [0.1, 0.15) is 0 Å². The number of nitrogens with zero attached hydrogens (tertiary/aromatic N) is 3. The number of hydrogen-bond donors (Lipinski definition) is 0. The molecule has 0 aliphatic rings. The number of pyridine rings is 1. The van der Waals surface area contributed by atoms with Crippen molar-refractivity contribution >= 4 is 0 Å². The second-order valence-electron chi connectivity index (χ2n) is 4.60. The molecule has 0 spiro atoms. The topological polar surface area (TPSA) is 30.7 Å². The van der Waals surface area contributed by atoms with E-state index in [2.05, 4.69) is 36.9 Å². The van der Waals surface area contributed by atoms with E-state index in [0.717, 1.165) is 11.4 Å². The van der Waals surface area contributed by atoms with Gasteiger partial charge in [0.2, 0.25) is 0 Å². The van der Waals surface area contributed by atoms with E-state index in [-0.39, 0.29) is 5.41 Å². The smallest absolute Gasteiger partial charge is 0.0679 e. The highest BCUT2D eigenvalue weighted by atomic mass is 15.3. The third-order valence-corrected chi connectivity index (χ3v) is 2.28. The summed E-state index contributed by atoms with van der Waals surface area (Å²) >= 11 is 0. The Hall–Kier alpha value is -1.64. The van der Waals surface area contributed by atoms with Gasteiger partial charge >= 0.3 is 0 Å². The van der Waals surface area contributed by atoms with Crippen molar-refractivity contribution in [1.29, 1.82) is 0 Å². The van der Waals surface area contributed by atoms with E-state index in [1.165, 1.54) is 0 Å². The Bertz CT molecular complexity index is 438. The maximum Gasteiger partial charge on any atom is 0.0679 e. The molecule has 0 unspecified atom stereocenters. The zero-order chi connectivity index (χ0) is 10.9. The van der Waals surface area contributed by atoms with Crippen LogP contribution in [0.2, 0.25) is 0 Å². The van der Waals surface area contributed by atoms with Gasteiger partial charge in [0.25, 0.3) is 0 Å². The molecular formula is C12H15N3. The van der Waals surface area contributed by atoms with E-state index in [0.29, 0.717) is 0 Å². The molecule has 2 heterocycles. The summed E-state index contributed by atoms with van der Waals surface area (Å²) in [6.07, 6.45) is 5.54. The van der Waals surface area contributed by atoms with Crippen molar-refractivity contribution in [3.05, 3.63) is 42.5 Å². The van der Waals surface area contributed by atoms with Crippen LogP contribution in [-0.4, -0.2) is 14.8 Å². The van der Waals surface area contributed by atoms with Crippen LogP contribution in [0.15, 0.2) is 36.8 Å². The van der Waals surface area contributed by atoms with E-state index in [4.69, 9.17) is 0 Å². The molecule has 3 nitrogen and oxygen atoms in total. The molecule has 0 aliphatic carbocycles. The Morgan fingerprint density at radius 1 is 1.20 bits per heavy atom. The highest BCUT2D eigenvalue weighted by Gasteiger charge is 2.15. The predicted molar refractivity (Wildman–Crippen MR) is 60.1 cm³/mol. The van der Waals surface area contributed by atoms with E-state index < -0.39 is 0 Å². The second kappa shape index (κ2) is 3.50. The van der Waals surface area contributed by atoms with E-state index in [1.54, 1.807) is 6.20 Å². The fourth-order valence-corrected chi connectivity index (χ4v) is 1.39. The summed E-state index contributed by atoms with van der Waals surface area (Å²) in [7, 11) is 0. The van der Waals surface area contributed by atoms with E-state index in [1.807, 2.05) is 29.2 Å². The molecule has 0 bridgehead atoms. The number of aromatic nitrogens is 3. The predicted octanol–water partition coefficient (Wildman–Crippen LogP) is 2.56. The van der Waals surface area contributed by atoms with Crippen LogP contribution in [0.4, 0.5) is 0 Å². The van der Waals surface area contributed by atoms with E-state index in [9.17, 15) is 0 Å². The van der Waals surface area contributed by atoms with Crippen molar-refractivity contribution < 1.29 is 0 Å². The minimum atomic E-state index is 0.0726. The Labute approximate surface area is 89.8 Å². The molecule has 0 aliphatic heterocycles. The van der Waals surface area contributed by atoms with Crippen molar-refractivity contribution in [2.45, 2.75) is 26.2 Å². The Kier molecular flexibility index (Phi) is 2.31. The highest BCUT2D eigenvalue weighted by molar-refractivity contribution is 5.33. The minimum absolute atomic E-state index is 0.0726. The van der Waals surface area contributed by atoms with Crippen LogP contribution < -0.4 is 0 Å². The van der Waals surface area contributed by atoms with Crippen LogP contribution in [0.25, 0.3) is 5.69 Å². The van der Waals surface area contributed by atoms with Gasteiger partial charge in [0.15, 0.2) is 0 Å². The molecule has 0 N–H and O–H groups in total. The quantitative estimate of drug-likeness (QED) is 0.710. The van der Waals surface area contributed by atoms with Crippen molar-refractivity contribution in [2.24, 2.45) is 0 Å². The van der Waals surface area contributed by atoms with Gasteiger partial charge in [-0.1, -0.05) is 20.8 Å². The Morgan fingerprint density at radius 2 is 2.00 bits per heavy atom. The standard InChI is InChI=1S/C12H15N3/c1-12(2,3)11-9-10(5-7-13-11)15-8-4-6-14-15/h4-9H,1-3H3. The molecule has 0 saturated heterocycles. The summed E-state index contributed by atoms with van der Waals surface area (Å²) in [6.45, 7) is 6.46. The van der Waals surface area contributed by atoms with Crippen LogP contribution in [0.5, 0.6) is 0 Å². The molecule has 0 fully saturated rings. The van der Waals surface area contributed by atoms with Gasteiger partial charge in [-0.3, -0.25) is 4.98 Å². The van der Waals surface area contributed by atoms with Crippen molar-refractivity contribution in [2.75, 3.05) is 0 Å². The van der Waals surface area contributed by atoms with Crippen LogP contribution in [0, 0.1) is 0 Å². The Balaban J connectivity index is 2.44. The maximum absolute atomic E-state index is 4.38. The van der Waals surface area contributed by atoms with Gasteiger partial charge in [-0.15, -0.1) is 0 Å². The lowest BCUT2D eigenvalue weighted by Crippen LogP contribution is -2.13. The Morgan fingerprint density at radius 3 is 2.60 bits per heavy atom.